The first-order valence-electron chi connectivity index (χ1n) is 8.22. The summed E-state index contributed by atoms with van der Waals surface area (Å²) >= 11 is 1.18. The number of anilines is 1. The number of sulfonamides is 1. The number of rotatable bonds is 7. The number of ether oxygens (including phenoxy) is 1. The molecule has 0 spiro atoms. The van der Waals surface area contributed by atoms with Gasteiger partial charge in [0.05, 0.1) is 5.69 Å². The van der Waals surface area contributed by atoms with Crippen LogP contribution >= 0.6 is 23.7 Å². The molecule has 2 N–H and O–H groups in total. The molecule has 27 heavy (non-hydrogen) atoms. The van der Waals surface area contributed by atoms with E-state index in [4.69, 9.17) is 4.74 Å². The molecule has 2 heterocycles. The summed E-state index contributed by atoms with van der Waals surface area (Å²) < 4.78 is 32.0. The van der Waals surface area contributed by atoms with Gasteiger partial charge in [0, 0.05) is 19.6 Å². The van der Waals surface area contributed by atoms with Crippen molar-refractivity contribution >= 4 is 45.4 Å². The summed E-state index contributed by atoms with van der Waals surface area (Å²) in [6, 6.07) is 10.0. The second-order valence-corrected chi connectivity index (χ2v) is 9.09. The maximum atomic E-state index is 12.5. The number of carbonyl (C=O) groups is 1. The van der Waals surface area contributed by atoms with Crippen LogP contribution in [0, 0.1) is 0 Å². The van der Waals surface area contributed by atoms with Crippen molar-refractivity contribution in [2.75, 3.05) is 31.0 Å². The number of nitrogens with zero attached hydrogens (tertiary/aromatic N) is 1. The average molecular weight is 432 g/mol. The van der Waals surface area contributed by atoms with Gasteiger partial charge in [0.15, 0.2) is 6.61 Å². The minimum atomic E-state index is -3.56. The zero-order valence-corrected chi connectivity index (χ0v) is 17.2. The standard InChI is InChI=1S/C17H21N3O4S2.ClH/c1-20(26(22,23)17-3-2-10-25-17)14-4-6-15(7-5-14)24-12-16(21)19-13-8-9-18-11-13;/h2-7,10,13,18H,8-9,11-12H2,1H3,(H,19,21);1H. The molecule has 1 aliphatic rings. The van der Waals surface area contributed by atoms with Crippen molar-refractivity contribution in [1.82, 2.24) is 10.6 Å². The van der Waals surface area contributed by atoms with Crippen LogP contribution in [0.5, 0.6) is 5.75 Å². The van der Waals surface area contributed by atoms with Gasteiger partial charge in [0.1, 0.15) is 9.96 Å². The van der Waals surface area contributed by atoms with E-state index in [1.807, 2.05) is 0 Å². The second-order valence-electron chi connectivity index (χ2n) is 5.94. The summed E-state index contributed by atoms with van der Waals surface area (Å²) in [5.74, 6) is 0.343. The molecule has 148 valence electrons. The number of halogens is 1. The molecule has 1 saturated heterocycles. The lowest BCUT2D eigenvalue weighted by Gasteiger charge is -2.18. The molecular formula is C17H22ClN3O4S2. The molecule has 10 heteroatoms. The second kappa shape index (κ2) is 9.41. The Morgan fingerprint density at radius 2 is 2.07 bits per heavy atom. The predicted octanol–water partition coefficient (Wildman–Crippen LogP) is 1.85. The van der Waals surface area contributed by atoms with Crippen LogP contribution in [-0.2, 0) is 14.8 Å². The minimum Gasteiger partial charge on any atom is -0.484 e. The quantitative estimate of drug-likeness (QED) is 0.698. The molecule has 0 bridgehead atoms. The summed E-state index contributed by atoms with van der Waals surface area (Å²) in [5, 5.41) is 7.81. The van der Waals surface area contributed by atoms with Gasteiger partial charge in [-0.25, -0.2) is 8.42 Å². The molecule has 1 unspecified atom stereocenters. The van der Waals surface area contributed by atoms with Gasteiger partial charge in [-0.1, -0.05) is 6.07 Å². The van der Waals surface area contributed by atoms with Gasteiger partial charge >= 0.3 is 0 Å². The van der Waals surface area contributed by atoms with E-state index in [9.17, 15) is 13.2 Å². The maximum Gasteiger partial charge on any atom is 0.273 e. The van der Waals surface area contributed by atoms with Crippen LogP contribution in [0.25, 0.3) is 0 Å². The molecule has 1 aliphatic heterocycles. The van der Waals surface area contributed by atoms with Gasteiger partial charge in [-0.2, -0.15) is 0 Å². The summed E-state index contributed by atoms with van der Waals surface area (Å²) in [4.78, 5) is 11.9. The van der Waals surface area contributed by atoms with Crippen LogP contribution in [0.3, 0.4) is 0 Å². The number of carbonyl (C=O) groups excluding carboxylic acids is 1. The molecule has 7 nitrogen and oxygen atoms in total. The van der Waals surface area contributed by atoms with Crippen LogP contribution in [-0.4, -0.2) is 47.1 Å². The topological polar surface area (TPSA) is 87.7 Å². The predicted molar refractivity (Wildman–Crippen MR) is 109 cm³/mol. The normalized spacial score (nSPS) is 16.4. The van der Waals surface area contributed by atoms with E-state index in [0.29, 0.717) is 15.6 Å². The van der Waals surface area contributed by atoms with Crippen LogP contribution in [0.2, 0.25) is 0 Å². The summed E-state index contributed by atoms with van der Waals surface area (Å²) in [6.45, 7) is 1.62. The van der Waals surface area contributed by atoms with Crippen molar-refractivity contribution in [1.29, 1.82) is 0 Å². The maximum absolute atomic E-state index is 12.5. The van der Waals surface area contributed by atoms with E-state index in [-0.39, 0.29) is 31.0 Å². The zero-order valence-electron chi connectivity index (χ0n) is 14.8. The molecule has 1 amide bonds. The van der Waals surface area contributed by atoms with Gasteiger partial charge in [-0.3, -0.25) is 9.10 Å². The van der Waals surface area contributed by atoms with E-state index in [0.717, 1.165) is 19.5 Å². The number of nitrogens with one attached hydrogen (secondary N) is 2. The Hall–Kier alpha value is -1.81. The highest BCUT2D eigenvalue weighted by Crippen LogP contribution is 2.26. The minimum absolute atomic E-state index is 0. The van der Waals surface area contributed by atoms with Crippen molar-refractivity contribution in [2.24, 2.45) is 0 Å². The van der Waals surface area contributed by atoms with Crippen LogP contribution in [0.15, 0.2) is 46.0 Å². The van der Waals surface area contributed by atoms with Gasteiger partial charge in [0.25, 0.3) is 15.9 Å². The third-order valence-corrected chi connectivity index (χ3v) is 7.26. The monoisotopic (exact) mass is 431 g/mol. The van der Waals surface area contributed by atoms with Crippen molar-refractivity contribution in [3.05, 3.63) is 41.8 Å². The first-order chi connectivity index (χ1) is 12.5. The smallest absolute Gasteiger partial charge is 0.273 e. The van der Waals surface area contributed by atoms with Gasteiger partial charge in [0.2, 0.25) is 0 Å². The lowest BCUT2D eigenvalue weighted by molar-refractivity contribution is -0.123. The first-order valence-corrected chi connectivity index (χ1v) is 10.5. The number of benzene rings is 1. The van der Waals surface area contributed by atoms with Crippen LogP contribution in [0.4, 0.5) is 5.69 Å². The molecular weight excluding hydrogens is 410 g/mol. The Labute approximate surface area is 169 Å². The van der Waals surface area contributed by atoms with Crippen LogP contribution < -0.4 is 19.7 Å². The third kappa shape index (κ3) is 5.35. The van der Waals surface area contributed by atoms with Gasteiger partial charge in [-0.05, 0) is 48.7 Å². The zero-order chi connectivity index (χ0) is 18.6. The fourth-order valence-electron chi connectivity index (χ4n) is 2.63. The fourth-order valence-corrected chi connectivity index (χ4v) is 4.99. The summed E-state index contributed by atoms with van der Waals surface area (Å²) in [6.07, 6.45) is 0.922. The van der Waals surface area contributed by atoms with Gasteiger partial charge < -0.3 is 15.4 Å². The largest absolute Gasteiger partial charge is 0.484 e. The Balaban J connectivity index is 0.00000261. The molecule has 0 aliphatic carbocycles. The SMILES string of the molecule is CN(c1ccc(OCC(=O)NC2CCNC2)cc1)S(=O)(=O)c1cccs1.Cl. The van der Waals surface area contributed by atoms with E-state index in [1.165, 1.54) is 22.7 Å². The molecule has 1 aromatic carbocycles. The Kier molecular flexibility index (Phi) is 7.49. The lowest BCUT2D eigenvalue weighted by atomic mass is 10.2. The fraction of sp³-hybridized carbons (Fsp3) is 0.353. The Bertz CT molecular complexity index is 836. The molecule has 3 rings (SSSR count). The molecule has 1 fully saturated rings. The first kappa shape index (κ1) is 21.5. The van der Waals surface area contributed by atoms with Crippen molar-refractivity contribution < 1.29 is 17.9 Å². The number of hydrogen-bond donors (Lipinski definition) is 2. The molecule has 1 atom stereocenters. The highest BCUT2D eigenvalue weighted by molar-refractivity contribution is 7.94. The Morgan fingerprint density at radius 3 is 2.67 bits per heavy atom. The highest BCUT2D eigenvalue weighted by atomic mass is 35.5. The average Bonchev–Trinajstić information content (AvgIpc) is 3.34. The highest BCUT2D eigenvalue weighted by Gasteiger charge is 2.22. The third-order valence-electron chi connectivity index (χ3n) is 4.11. The Morgan fingerprint density at radius 1 is 1.33 bits per heavy atom. The molecule has 0 saturated carbocycles. The van der Waals surface area contributed by atoms with E-state index >= 15 is 0 Å². The summed E-state index contributed by atoms with van der Waals surface area (Å²) in [7, 11) is -2.05. The van der Waals surface area contributed by atoms with E-state index in [1.54, 1.807) is 41.8 Å². The van der Waals surface area contributed by atoms with Crippen LogP contribution in [0.1, 0.15) is 6.42 Å². The number of hydrogen-bond acceptors (Lipinski definition) is 6. The van der Waals surface area contributed by atoms with Crippen molar-refractivity contribution in [2.45, 2.75) is 16.7 Å². The van der Waals surface area contributed by atoms with E-state index in [2.05, 4.69) is 10.6 Å². The molecule has 1 aromatic heterocycles. The molecule has 0 radical (unpaired) electrons. The van der Waals surface area contributed by atoms with Crippen molar-refractivity contribution in [3.63, 3.8) is 0 Å². The summed E-state index contributed by atoms with van der Waals surface area (Å²) in [5.41, 5.74) is 0.521. The van der Waals surface area contributed by atoms with Crippen molar-refractivity contribution in [3.8, 4) is 5.75 Å². The number of thiophene rings is 1. The van der Waals surface area contributed by atoms with Gasteiger partial charge in [-0.15, -0.1) is 23.7 Å². The number of amides is 1. The lowest BCUT2D eigenvalue weighted by Crippen LogP contribution is -2.39. The van der Waals surface area contributed by atoms with E-state index < -0.39 is 10.0 Å². The molecule has 2 aromatic rings.